The van der Waals surface area contributed by atoms with E-state index in [9.17, 15) is 22.8 Å². The Morgan fingerprint density at radius 1 is 1.30 bits per heavy atom. The van der Waals surface area contributed by atoms with Crippen LogP contribution >= 0.6 is 11.3 Å². The fourth-order valence-electron chi connectivity index (χ4n) is 3.43. The molecular formula is C21H21F3N4O4S. The number of anilines is 2. The summed E-state index contributed by atoms with van der Waals surface area (Å²) < 4.78 is 52.0. The number of morpholine rings is 1. The van der Waals surface area contributed by atoms with Gasteiger partial charge in [0.25, 0.3) is 5.91 Å². The normalized spacial score (nSPS) is 15.5. The third kappa shape index (κ3) is 5.45. The van der Waals surface area contributed by atoms with Crippen molar-refractivity contribution in [3.63, 3.8) is 0 Å². The van der Waals surface area contributed by atoms with Gasteiger partial charge in [-0.05, 0) is 25.1 Å². The van der Waals surface area contributed by atoms with E-state index in [4.69, 9.17) is 9.47 Å². The van der Waals surface area contributed by atoms with Crippen LogP contribution in [0.15, 0.2) is 36.0 Å². The maximum absolute atomic E-state index is 13.2. The highest BCUT2D eigenvalue weighted by molar-refractivity contribution is 7.15. The molecule has 0 aliphatic carbocycles. The zero-order valence-electron chi connectivity index (χ0n) is 17.6. The van der Waals surface area contributed by atoms with Crippen LogP contribution in [0.2, 0.25) is 0 Å². The molecule has 1 aliphatic heterocycles. The molecule has 2 aromatic heterocycles. The number of carbonyl (C=O) groups is 2. The quantitative estimate of drug-likeness (QED) is 0.543. The van der Waals surface area contributed by atoms with Crippen LogP contribution in [-0.4, -0.2) is 53.7 Å². The summed E-state index contributed by atoms with van der Waals surface area (Å²) in [4.78, 5) is 31.8. The molecular weight excluding hydrogens is 461 g/mol. The third-order valence-electron chi connectivity index (χ3n) is 5.08. The Balaban J connectivity index is 1.45. The Kier molecular flexibility index (Phi) is 6.56. The number of benzene rings is 1. The van der Waals surface area contributed by atoms with E-state index >= 15 is 0 Å². The SMILES string of the molecule is C[C@@H](OC(=O)Cc1cn2ccsc2n1)C(=O)Nc1cc(C(F)(F)F)ccc1N1CCOCC1. The van der Waals surface area contributed by atoms with Gasteiger partial charge in [-0.1, -0.05) is 0 Å². The Bertz CT molecular complexity index is 1130. The number of rotatable bonds is 6. The minimum atomic E-state index is -4.57. The molecule has 1 atom stereocenters. The second kappa shape index (κ2) is 9.40. The first-order valence-electron chi connectivity index (χ1n) is 10.2. The highest BCUT2D eigenvalue weighted by atomic mass is 32.1. The van der Waals surface area contributed by atoms with E-state index in [0.717, 1.165) is 17.1 Å². The summed E-state index contributed by atoms with van der Waals surface area (Å²) in [6.07, 6.45) is -2.42. The predicted octanol–water partition coefficient (Wildman–Crippen LogP) is 3.36. The van der Waals surface area contributed by atoms with Gasteiger partial charge in [0.2, 0.25) is 0 Å². The van der Waals surface area contributed by atoms with Gasteiger partial charge in [0.1, 0.15) is 0 Å². The number of nitrogens with one attached hydrogen (secondary N) is 1. The smallest absolute Gasteiger partial charge is 0.416 e. The van der Waals surface area contributed by atoms with Crippen LogP contribution in [-0.2, 0) is 31.7 Å². The lowest BCUT2D eigenvalue weighted by Gasteiger charge is -2.31. The number of amides is 1. The number of fused-ring (bicyclic) bond motifs is 1. The molecule has 1 aromatic carbocycles. The number of alkyl halides is 3. The van der Waals surface area contributed by atoms with Crippen molar-refractivity contribution in [2.24, 2.45) is 0 Å². The van der Waals surface area contributed by atoms with Gasteiger partial charge in [-0.2, -0.15) is 13.2 Å². The van der Waals surface area contributed by atoms with Crippen LogP contribution in [0, 0.1) is 0 Å². The molecule has 33 heavy (non-hydrogen) atoms. The molecule has 4 rings (SSSR count). The number of nitrogens with zero attached hydrogens (tertiary/aromatic N) is 3. The van der Waals surface area contributed by atoms with E-state index in [1.807, 2.05) is 10.3 Å². The number of hydrogen-bond donors (Lipinski definition) is 1. The number of halogens is 3. The monoisotopic (exact) mass is 482 g/mol. The van der Waals surface area contributed by atoms with Crippen molar-refractivity contribution in [1.82, 2.24) is 9.38 Å². The molecule has 1 fully saturated rings. The van der Waals surface area contributed by atoms with Crippen LogP contribution in [0.5, 0.6) is 0 Å². The second-order valence-corrected chi connectivity index (χ2v) is 8.33. The van der Waals surface area contributed by atoms with Crippen LogP contribution in [0.25, 0.3) is 4.96 Å². The van der Waals surface area contributed by atoms with Crippen LogP contribution in [0.4, 0.5) is 24.5 Å². The Hall–Kier alpha value is -3.12. The average Bonchev–Trinajstić information content (AvgIpc) is 3.35. The lowest BCUT2D eigenvalue weighted by molar-refractivity contribution is -0.152. The van der Waals surface area contributed by atoms with Crippen LogP contribution in [0.1, 0.15) is 18.2 Å². The molecule has 176 valence electrons. The summed E-state index contributed by atoms with van der Waals surface area (Å²) in [5, 5.41) is 4.35. The van der Waals surface area contributed by atoms with Crippen molar-refractivity contribution in [3.05, 3.63) is 47.2 Å². The summed E-state index contributed by atoms with van der Waals surface area (Å²) >= 11 is 1.41. The number of thiazole rings is 1. The maximum atomic E-state index is 13.2. The highest BCUT2D eigenvalue weighted by Crippen LogP contribution is 2.36. The maximum Gasteiger partial charge on any atom is 0.416 e. The molecule has 1 amide bonds. The van der Waals surface area contributed by atoms with Crippen molar-refractivity contribution < 1.29 is 32.2 Å². The van der Waals surface area contributed by atoms with Gasteiger partial charge in [-0.3, -0.25) is 14.0 Å². The van der Waals surface area contributed by atoms with Crippen molar-refractivity contribution in [2.75, 3.05) is 36.5 Å². The van der Waals surface area contributed by atoms with Gasteiger partial charge >= 0.3 is 12.1 Å². The number of carbonyl (C=O) groups excluding carboxylic acids is 2. The lowest BCUT2D eigenvalue weighted by Crippen LogP contribution is -2.37. The van der Waals surface area contributed by atoms with Crippen LogP contribution < -0.4 is 10.2 Å². The number of hydrogen-bond acceptors (Lipinski definition) is 7. The number of esters is 1. The van der Waals surface area contributed by atoms with Crippen molar-refractivity contribution >= 4 is 39.5 Å². The molecule has 1 aliphatic rings. The van der Waals surface area contributed by atoms with Gasteiger partial charge < -0.3 is 19.7 Å². The van der Waals surface area contributed by atoms with Gasteiger partial charge in [-0.15, -0.1) is 11.3 Å². The van der Waals surface area contributed by atoms with E-state index in [-0.39, 0.29) is 12.1 Å². The molecule has 0 saturated carbocycles. The molecule has 3 aromatic rings. The largest absolute Gasteiger partial charge is 0.452 e. The Morgan fingerprint density at radius 2 is 2.06 bits per heavy atom. The molecule has 12 heteroatoms. The number of aromatic nitrogens is 2. The minimum absolute atomic E-state index is 0.00559. The fourth-order valence-corrected chi connectivity index (χ4v) is 4.15. The van der Waals surface area contributed by atoms with Crippen molar-refractivity contribution in [1.29, 1.82) is 0 Å². The standard InChI is InChI=1S/C21H21F3N4O4S/c1-13(32-18(29)11-15-12-28-6-9-33-20(28)25-15)19(30)26-16-10-14(21(22,23)24)2-3-17(16)27-4-7-31-8-5-27/h2-3,6,9-10,12-13H,4-5,7-8,11H2,1H3,(H,26,30)/t13-/m1/s1. The van der Waals surface area contributed by atoms with Gasteiger partial charge in [0.15, 0.2) is 11.1 Å². The number of imidazole rings is 1. The zero-order chi connectivity index (χ0) is 23.6. The molecule has 0 radical (unpaired) electrons. The van der Waals surface area contributed by atoms with E-state index in [1.165, 1.54) is 24.3 Å². The molecule has 0 bridgehead atoms. The first-order valence-corrected chi connectivity index (χ1v) is 11.0. The third-order valence-corrected chi connectivity index (χ3v) is 5.85. The first kappa shape index (κ1) is 23.1. The Morgan fingerprint density at radius 3 is 2.76 bits per heavy atom. The number of ether oxygens (including phenoxy) is 2. The van der Waals surface area contributed by atoms with Crippen LogP contribution in [0.3, 0.4) is 0 Å². The van der Waals surface area contributed by atoms with Gasteiger partial charge in [0.05, 0.1) is 42.3 Å². The van der Waals surface area contributed by atoms with Gasteiger partial charge in [0, 0.05) is 30.9 Å². The zero-order valence-corrected chi connectivity index (χ0v) is 18.4. The molecule has 1 N–H and O–H groups in total. The summed E-state index contributed by atoms with van der Waals surface area (Å²) in [6, 6.07) is 3.18. The van der Waals surface area contributed by atoms with Crippen molar-refractivity contribution in [3.8, 4) is 0 Å². The molecule has 3 heterocycles. The lowest BCUT2D eigenvalue weighted by atomic mass is 10.1. The van der Waals surface area contributed by atoms with E-state index < -0.39 is 29.7 Å². The molecule has 0 spiro atoms. The molecule has 0 unspecified atom stereocenters. The molecule has 1 saturated heterocycles. The molecule has 8 nitrogen and oxygen atoms in total. The van der Waals surface area contributed by atoms with E-state index in [2.05, 4.69) is 10.3 Å². The van der Waals surface area contributed by atoms with E-state index in [1.54, 1.807) is 16.8 Å². The van der Waals surface area contributed by atoms with Crippen molar-refractivity contribution in [2.45, 2.75) is 25.6 Å². The topological polar surface area (TPSA) is 85.2 Å². The van der Waals surface area contributed by atoms with E-state index in [0.29, 0.717) is 37.7 Å². The second-order valence-electron chi connectivity index (χ2n) is 7.45. The summed E-state index contributed by atoms with van der Waals surface area (Å²) in [7, 11) is 0. The predicted molar refractivity (Wildman–Crippen MR) is 115 cm³/mol. The van der Waals surface area contributed by atoms with Gasteiger partial charge in [-0.25, -0.2) is 4.98 Å². The summed E-state index contributed by atoms with van der Waals surface area (Å²) in [5.74, 6) is -1.40. The Labute approximate surface area is 190 Å². The fraction of sp³-hybridized carbons (Fsp3) is 0.381. The minimum Gasteiger partial charge on any atom is -0.452 e. The average molecular weight is 482 g/mol. The first-order chi connectivity index (χ1) is 15.7. The highest BCUT2D eigenvalue weighted by Gasteiger charge is 2.32. The summed E-state index contributed by atoms with van der Waals surface area (Å²) in [6.45, 7) is 3.16. The summed E-state index contributed by atoms with van der Waals surface area (Å²) in [5.41, 5.74) is 0.0383.